The lowest BCUT2D eigenvalue weighted by Crippen LogP contribution is -2.37. The van der Waals surface area contributed by atoms with Crippen LogP contribution in [0.15, 0.2) is 42.5 Å². The van der Waals surface area contributed by atoms with Crippen molar-refractivity contribution in [2.75, 3.05) is 16.8 Å². The highest BCUT2D eigenvalue weighted by atomic mass is 35.5. The van der Waals surface area contributed by atoms with E-state index < -0.39 is 5.82 Å². The Morgan fingerprint density at radius 2 is 2.14 bits per heavy atom. The number of nitrogens with one attached hydrogen (secondary N) is 1. The fourth-order valence-corrected chi connectivity index (χ4v) is 3.02. The maximum Gasteiger partial charge on any atom is 0.243 e. The first-order chi connectivity index (χ1) is 10.5. The van der Waals surface area contributed by atoms with Gasteiger partial charge in [0.2, 0.25) is 5.91 Å². The van der Waals surface area contributed by atoms with Gasteiger partial charge >= 0.3 is 0 Å². The van der Waals surface area contributed by atoms with E-state index in [0.29, 0.717) is 5.69 Å². The number of nitrogens with zero attached hydrogens (tertiary/aromatic N) is 1. The zero-order valence-corrected chi connectivity index (χ0v) is 12.9. The second-order valence-corrected chi connectivity index (χ2v) is 5.89. The topological polar surface area (TPSA) is 32.3 Å². The molecule has 22 heavy (non-hydrogen) atoms. The van der Waals surface area contributed by atoms with Crippen molar-refractivity contribution in [3.63, 3.8) is 0 Å². The predicted octanol–water partition coefficient (Wildman–Crippen LogP) is 3.87. The summed E-state index contributed by atoms with van der Waals surface area (Å²) in [6, 6.07) is 12.3. The third-order valence-corrected chi connectivity index (χ3v) is 4.18. The highest BCUT2D eigenvalue weighted by Crippen LogP contribution is 2.31. The largest absolute Gasteiger partial charge is 0.359 e. The minimum Gasteiger partial charge on any atom is -0.359 e. The van der Waals surface area contributed by atoms with Gasteiger partial charge in [-0.15, -0.1) is 0 Å². The lowest BCUT2D eigenvalue weighted by molar-refractivity contribution is -0.115. The minimum absolute atomic E-state index is 0.169. The summed E-state index contributed by atoms with van der Waals surface area (Å²) >= 11 is 5.93. The quantitative estimate of drug-likeness (QED) is 0.931. The lowest BCUT2D eigenvalue weighted by atomic mass is 10.1. The van der Waals surface area contributed by atoms with E-state index in [0.717, 1.165) is 12.1 Å². The molecule has 3 nitrogen and oxygen atoms in total. The zero-order chi connectivity index (χ0) is 15.7. The fraction of sp³-hybridized carbons (Fsp3) is 0.235. The zero-order valence-electron chi connectivity index (χ0n) is 12.1. The van der Waals surface area contributed by atoms with Crippen LogP contribution in [0.4, 0.5) is 15.8 Å². The molecule has 0 aliphatic carbocycles. The van der Waals surface area contributed by atoms with Gasteiger partial charge in [0, 0.05) is 11.7 Å². The normalized spacial score (nSPS) is 16.5. The van der Waals surface area contributed by atoms with Crippen molar-refractivity contribution in [1.82, 2.24) is 0 Å². The van der Waals surface area contributed by atoms with Gasteiger partial charge in [0.25, 0.3) is 0 Å². The van der Waals surface area contributed by atoms with E-state index in [1.165, 1.54) is 23.8 Å². The van der Waals surface area contributed by atoms with Crippen molar-refractivity contribution in [3.05, 3.63) is 58.9 Å². The van der Waals surface area contributed by atoms with Crippen LogP contribution in [-0.4, -0.2) is 18.5 Å². The predicted molar refractivity (Wildman–Crippen MR) is 87.0 cm³/mol. The molecule has 3 rings (SSSR count). The Labute approximate surface area is 133 Å². The second-order valence-electron chi connectivity index (χ2n) is 5.48. The summed E-state index contributed by atoms with van der Waals surface area (Å²) in [6.07, 6.45) is 0.931. The third-order valence-electron chi connectivity index (χ3n) is 3.87. The van der Waals surface area contributed by atoms with Gasteiger partial charge in [0.05, 0.1) is 17.3 Å². The second kappa shape index (κ2) is 5.97. The summed E-state index contributed by atoms with van der Waals surface area (Å²) in [5.74, 6) is -0.595. The van der Waals surface area contributed by atoms with Crippen LogP contribution in [0.5, 0.6) is 0 Å². The van der Waals surface area contributed by atoms with Crippen molar-refractivity contribution in [2.24, 2.45) is 0 Å². The Hall–Kier alpha value is -2.07. The molecule has 114 valence electrons. The van der Waals surface area contributed by atoms with Gasteiger partial charge in [0.15, 0.2) is 0 Å². The SMILES string of the molecule is C[C@H]1Cc2ccccc2N1CC(=O)Nc1ccc(F)cc1Cl. The molecule has 0 bridgehead atoms. The molecule has 1 aliphatic heterocycles. The molecule has 1 heterocycles. The highest BCUT2D eigenvalue weighted by Gasteiger charge is 2.27. The summed E-state index contributed by atoms with van der Waals surface area (Å²) in [5.41, 5.74) is 2.77. The van der Waals surface area contributed by atoms with Crippen LogP contribution in [0.1, 0.15) is 12.5 Å². The van der Waals surface area contributed by atoms with Gasteiger partial charge in [0.1, 0.15) is 5.82 Å². The van der Waals surface area contributed by atoms with Crippen molar-refractivity contribution in [3.8, 4) is 0 Å². The molecule has 0 radical (unpaired) electrons. The molecule has 1 N–H and O–H groups in total. The number of anilines is 2. The van der Waals surface area contributed by atoms with E-state index in [4.69, 9.17) is 11.6 Å². The molecule has 1 aliphatic rings. The number of carbonyl (C=O) groups is 1. The number of benzene rings is 2. The molecule has 0 aromatic heterocycles. The lowest BCUT2D eigenvalue weighted by Gasteiger charge is -2.24. The van der Waals surface area contributed by atoms with Gasteiger partial charge in [-0.25, -0.2) is 4.39 Å². The summed E-state index contributed by atoms with van der Waals surface area (Å²) < 4.78 is 13.0. The molecule has 2 aromatic carbocycles. The molecule has 1 atom stereocenters. The van der Waals surface area contributed by atoms with Gasteiger partial charge in [-0.2, -0.15) is 0 Å². The molecule has 0 fully saturated rings. The average molecular weight is 319 g/mol. The molecule has 0 unspecified atom stereocenters. The van der Waals surface area contributed by atoms with Gasteiger partial charge in [-0.1, -0.05) is 29.8 Å². The number of fused-ring (bicyclic) bond motifs is 1. The number of halogens is 2. The van der Waals surface area contributed by atoms with E-state index in [9.17, 15) is 9.18 Å². The third kappa shape index (κ3) is 2.92. The van der Waals surface area contributed by atoms with E-state index >= 15 is 0 Å². The Balaban J connectivity index is 1.72. The van der Waals surface area contributed by atoms with Gasteiger partial charge in [-0.3, -0.25) is 4.79 Å². The van der Waals surface area contributed by atoms with E-state index in [1.54, 1.807) is 0 Å². The smallest absolute Gasteiger partial charge is 0.243 e. The molecule has 0 saturated heterocycles. The summed E-state index contributed by atoms with van der Waals surface area (Å²) in [7, 11) is 0. The molecule has 2 aromatic rings. The molecule has 1 amide bonds. The van der Waals surface area contributed by atoms with Crippen LogP contribution >= 0.6 is 11.6 Å². The number of hydrogen-bond acceptors (Lipinski definition) is 2. The van der Waals surface area contributed by atoms with E-state index in [-0.39, 0.29) is 23.5 Å². The van der Waals surface area contributed by atoms with Crippen LogP contribution in [-0.2, 0) is 11.2 Å². The highest BCUT2D eigenvalue weighted by molar-refractivity contribution is 6.33. The first-order valence-corrected chi connectivity index (χ1v) is 7.52. The monoisotopic (exact) mass is 318 g/mol. The molecule has 5 heteroatoms. The van der Waals surface area contributed by atoms with E-state index in [2.05, 4.69) is 23.2 Å². The van der Waals surface area contributed by atoms with Crippen LogP contribution < -0.4 is 10.2 Å². The molecular weight excluding hydrogens is 303 g/mol. The van der Waals surface area contributed by atoms with Crippen LogP contribution in [0, 0.1) is 5.82 Å². The maximum absolute atomic E-state index is 13.0. The van der Waals surface area contributed by atoms with Crippen molar-refractivity contribution in [2.45, 2.75) is 19.4 Å². The van der Waals surface area contributed by atoms with Crippen LogP contribution in [0.2, 0.25) is 5.02 Å². The van der Waals surface area contributed by atoms with Crippen molar-refractivity contribution in [1.29, 1.82) is 0 Å². The summed E-state index contributed by atoms with van der Waals surface area (Å²) in [4.78, 5) is 14.3. The minimum atomic E-state index is -0.426. The first kappa shape index (κ1) is 14.9. The number of hydrogen-bond donors (Lipinski definition) is 1. The number of para-hydroxylation sites is 1. The Morgan fingerprint density at radius 3 is 2.91 bits per heavy atom. The number of amides is 1. The van der Waals surface area contributed by atoms with Crippen LogP contribution in [0.3, 0.4) is 0 Å². The molecular formula is C17H16ClFN2O. The van der Waals surface area contributed by atoms with Gasteiger partial charge in [-0.05, 0) is 43.2 Å². The fourth-order valence-electron chi connectivity index (χ4n) is 2.81. The standard InChI is InChI=1S/C17H16ClFN2O/c1-11-8-12-4-2-3-5-16(12)21(11)10-17(22)20-15-7-6-13(19)9-14(15)18/h2-7,9,11H,8,10H2,1H3,(H,20,22)/t11-/m0/s1. The number of carbonyl (C=O) groups excluding carboxylic acids is 1. The Kier molecular flexibility index (Phi) is 4.03. The average Bonchev–Trinajstić information content (AvgIpc) is 2.78. The van der Waals surface area contributed by atoms with Crippen LogP contribution in [0.25, 0.3) is 0 Å². The molecule has 0 spiro atoms. The first-order valence-electron chi connectivity index (χ1n) is 7.14. The number of rotatable bonds is 3. The Bertz CT molecular complexity index is 720. The van der Waals surface area contributed by atoms with Crippen molar-refractivity contribution < 1.29 is 9.18 Å². The summed E-state index contributed by atoms with van der Waals surface area (Å²) in [6.45, 7) is 2.34. The maximum atomic E-state index is 13.0. The summed E-state index contributed by atoms with van der Waals surface area (Å²) in [5, 5.41) is 2.93. The molecule has 0 saturated carbocycles. The van der Waals surface area contributed by atoms with Crippen molar-refractivity contribution >= 4 is 28.9 Å². The van der Waals surface area contributed by atoms with E-state index in [1.807, 2.05) is 18.2 Å². The Morgan fingerprint density at radius 1 is 1.36 bits per heavy atom. The van der Waals surface area contributed by atoms with Gasteiger partial charge < -0.3 is 10.2 Å².